The molecule has 2 nitrogen and oxygen atoms in total. The fourth-order valence-corrected chi connectivity index (χ4v) is 8.74. The van der Waals surface area contributed by atoms with E-state index in [1.807, 2.05) is 0 Å². The molecule has 0 unspecified atom stereocenters. The number of hydrogen-bond acceptors (Lipinski definition) is 0. The maximum atomic E-state index is 2.43. The fourth-order valence-electron chi connectivity index (χ4n) is 8.74. The highest BCUT2D eigenvalue weighted by Gasteiger charge is 2.18. The van der Waals surface area contributed by atoms with E-state index in [1.54, 1.807) is 0 Å². The largest absolute Gasteiger partial charge is 0.309 e. The normalized spacial score (nSPS) is 11.7. The molecular formula is C52H34N2. The molecule has 2 heteroatoms. The third kappa shape index (κ3) is 4.67. The Morgan fingerprint density at radius 2 is 0.704 bits per heavy atom. The van der Waals surface area contributed by atoms with Gasteiger partial charge in [0.1, 0.15) is 0 Å². The summed E-state index contributed by atoms with van der Waals surface area (Å²) in [6.07, 6.45) is 0. The zero-order chi connectivity index (χ0) is 35.6. The second-order valence-corrected chi connectivity index (χ2v) is 14.1. The minimum Gasteiger partial charge on any atom is -0.309 e. The molecule has 0 saturated carbocycles. The van der Waals surface area contributed by atoms with Crippen LogP contribution in [0.25, 0.3) is 99.1 Å². The van der Waals surface area contributed by atoms with Gasteiger partial charge in [-0.25, -0.2) is 0 Å². The zero-order valence-corrected chi connectivity index (χ0v) is 29.5. The van der Waals surface area contributed by atoms with Crippen LogP contribution in [0.15, 0.2) is 206 Å². The van der Waals surface area contributed by atoms with E-state index in [1.165, 1.54) is 99.1 Å². The lowest BCUT2D eigenvalue weighted by atomic mass is 9.89. The van der Waals surface area contributed by atoms with Gasteiger partial charge < -0.3 is 9.13 Å². The van der Waals surface area contributed by atoms with Gasteiger partial charge in [-0.15, -0.1) is 0 Å². The Hall–Kier alpha value is -7.16. The summed E-state index contributed by atoms with van der Waals surface area (Å²) in [5.41, 5.74) is 14.5. The molecule has 9 aromatic carbocycles. The molecule has 0 amide bonds. The van der Waals surface area contributed by atoms with Crippen molar-refractivity contribution in [1.82, 2.24) is 9.13 Å². The molecule has 0 radical (unpaired) electrons. The molecule has 0 saturated heterocycles. The van der Waals surface area contributed by atoms with E-state index in [0.717, 1.165) is 0 Å². The molecule has 0 spiro atoms. The Morgan fingerprint density at radius 3 is 1.33 bits per heavy atom. The predicted octanol–water partition coefficient (Wildman–Crippen LogP) is 14.0. The van der Waals surface area contributed by atoms with Crippen molar-refractivity contribution in [3.8, 4) is 44.8 Å². The van der Waals surface area contributed by atoms with Gasteiger partial charge in [0.15, 0.2) is 0 Å². The van der Waals surface area contributed by atoms with Crippen LogP contribution in [0, 0.1) is 0 Å². The summed E-state index contributed by atoms with van der Waals surface area (Å²) in [6.45, 7) is 0. The lowest BCUT2D eigenvalue weighted by Gasteiger charge is -2.16. The van der Waals surface area contributed by atoms with Gasteiger partial charge >= 0.3 is 0 Å². The average Bonchev–Trinajstić information content (AvgIpc) is 3.76. The molecule has 0 aliphatic rings. The molecule has 11 aromatic rings. The molecule has 2 heterocycles. The number of fused-ring (bicyclic) bond motifs is 7. The predicted molar refractivity (Wildman–Crippen MR) is 229 cm³/mol. The van der Waals surface area contributed by atoms with Gasteiger partial charge in [0.05, 0.1) is 27.8 Å². The molecule has 0 aliphatic heterocycles. The van der Waals surface area contributed by atoms with Crippen molar-refractivity contribution in [3.05, 3.63) is 206 Å². The van der Waals surface area contributed by atoms with Crippen molar-refractivity contribution in [1.29, 1.82) is 0 Å². The number of aromatic nitrogens is 2. The fraction of sp³-hybridized carbons (Fsp3) is 0. The standard InChI is InChI=1S/C52H34N2/c1-2-17-38(18-3-1)53-49-26-12-10-24-44(49)46-33-36(29-31-51(46)53)39-19-6-8-22-42(39)43-23-9-7-20-40(43)37-30-32-52-47(34-37)45-25-11-13-27-50(45)54(52)48-28-14-16-35-15-4-5-21-41(35)48/h1-34H. The summed E-state index contributed by atoms with van der Waals surface area (Å²) < 4.78 is 4.81. The quantitative estimate of drug-likeness (QED) is 0.171. The van der Waals surface area contributed by atoms with Crippen LogP contribution in [0.1, 0.15) is 0 Å². The number of para-hydroxylation sites is 3. The highest BCUT2D eigenvalue weighted by molar-refractivity contribution is 6.13. The monoisotopic (exact) mass is 686 g/mol. The molecule has 0 aliphatic carbocycles. The molecule has 54 heavy (non-hydrogen) atoms. The van der Waals surface area contributed by atoms with E-state index >= 15 is 0 Å². The number of rotatable bonds is 5. The summed E-state index contributed by atoms with van der Waals surface area (Å²) in [7, 11) is 0. The molecule has 0 N–H and O–H groups in total. The van der Waals surface area contributed by atoms with E-state index in [0.29, 0.717) is 0 Å². The van der Waals surface area contributed by atoms with Crippen LogP contribution in [0.4, 0.5) is 0 Å². The highest BCUT2D eigenvalue weighted by atomic mass is 15.0. The van der Waals surface area contributed by atoms with Gasteiger partial charge in [-0.3, -0.25) is 0 Å². The first-order valence-electron chi connectivity index (χ1n) is 18.6. The Balaban J connectivity index is 1.08. The molecular weight excluding hydrogens is 653 g/mol. The minimum absolute atomic E-state index is 1.17. The SMILES string of the molecule is c1ccc(-n2c3ccccc3c3cc(-c4ccccc4-c4ccccc4-c4ccc5c(c4)c4ccccc4n5-c4cccc5ccccc45)ccc32)cc1. The van der Waals surface area contributed by atoms with E-state index in [4.69, 9.17) is 0 Å². The van der Waals surface area contributed by atoms with Crippen LogP contribution < -0.4 is 0 Å². The molecule has 0 bridgehead atoms. The third-order valence-electron chi connectivity index (χ3n) is 11.1. The van der Waals surface area contributed by atoms with Gasteiger partial charge in [0.2, 0.25) is 0 Å². The summed E-state index contributed by atoms with van der Waals surface area (Å²) in [4.78, 5) is 0. The highest BCUT2D eigenvalue weighted by Crippen LogP contribution is 2.43. The van der Waals surface area contributed by atoms with Gasteiger partial charge in [-0.05, 0) is 93.4 Å². The van der Waals surface area contributed by atoms with Crippen molar-refractivity contribution in [2.75, 3.05) is 0 Å². The first kappa shape index (κ1) is 30.5. The second kappa shape index (κ2) is 12.2. The first-order chi connectivity index (χ1) is 26.8. The Kier molecular flexibility index (Phi) is 6.90. The molecule has 2 aromatic heterocycles. The Bertz CT molecular complexity index is 3210. The minimum atomic E-state index is 1.17. The third-order valence-corrected chi connectivity index (χ3v) is 11.1. The zero-order valence-electron chi connectivity index (χ0n) is 29.5. The van der Waals surface area contributed by atoms with Crippen molar-refractivity contribution in [2.24, 2.45) is 0 Å². The summed E-state index contributed by atoms with van der Waals surface area (Å²) in [6, 6.07) is 75.2. The van der Waals surface area contributed by atoms with Crippen molar-refractivity contribution >= 4 is 54.4 Å². The topological polar surface area (TPSA) is 9.86 Å². The smallest absolute Gasteiger partial charge is 0.0541 e. The van der Waals surface area contributed by atoms with Crippen LogP contribution in [0.3, 0.4) is 0 Å². The maximum Gasteiger partial charge on any atom is 0.0541 e. The lowest BCUT2D eigenvalue weighted by Crippen LogP contribution is -1.95. The average molecular weight is 687 g/mol. The van der Waals surface area contributed by atoms with Crippen molar-refractivity contribution < 1.29 is 0 Å². The van der Waals surface area contributed by atoms with Crippen LogP contribution >= 0.6 is 0 Å². The van der Waals surface area contributed by atoms with Gasteiger partial charge in [0.25, 0.3) is 0 Å². The maximum absolute atomic E-state index is 2.43. The number of hydrogen-bond donors (Lipinski definition) is 0. The van der Waals surface area contributed by atoms with Crippen molar-refractivity contribution in [3.63, 3.8) is 0 Å². The van der Waals surface area contributed by atoms with E-state index in [-0.39, 0.29) is 0 Å². The second-order valence-electron chi connectivity index (χ2n) is 14.1. The number of benzene rings is 9. The van der Waals surface area contributed by atoms with E-state index in [9.17, 15) is 0 Å². The molecule has 252 valence electrons. The summed E-state index contributed by atoms with van der Waals surface area (Å²) in [5.74, 6) is 0. The first-order valence-corrected chi connectivity index (χ1v) is 18.6. The van der Waals surface area contributed by atoms with Gasteiger partial charge in [-0.2, -0.15) is 0 Å². The van der Waals surface area contributed by atoms with Crippen LogP contribution in [-0.4, -0.2) is 9.13 Å². The van der Waals surface area contributed by atoms with Crippen LogP contribution in [0.5, 0.6) is 0 Å². The Morgan fingerprint density at radius 1 is 0.259 bits per heavy atom. The van der Waals surface area contributed by atoms with Gasteiger partial charge in [0, 0.05) is 32.6 Å². The summed E-state index contributed by atoms with van der Waals surface area (Å²) >= 11 is 0. The molecule has 0 atom stereocenters. The van der Waals surface area contributed by atoms with E-state index < -0.39 is 0 Å². The molecule has 0 fully saturated rings. The number of nitrogens with zero attached hydrogens (tertiary/aromatic N) is 2. The van der Waals surface area contributed by atoms with Crippen LogP contribution in [-0.2, 0) is 0 Å². The molecule has 11 rings (SSSR count). The van der Waals surface area contributed by atoms with E-state index in [2.05, 4.69) is 215 Å². The van der Waals surface area contributed by atoms with Gasteiger partial charge in [-0.1, -0.05) is 152 Å². The summed E-state index contributed by atoms with van der Waals surface area (Å²) in [5, 5.41) is 7.50. The lowest BCUT2D eigenvalue weighted by molar-refractivity contribution is 1.18. The van der Waals surface area contributed by atoms with Crippen molar-refractivity contribution in [2.45, 2.75) is 0 Å². The van der Waals surface area contributed by atoms with Crippen LogP contribution in [0.2, 0.25) is 0 Å². The Labute approximate surface area is 313 Å².